The Morgan fingerprint density at radius 3 is 2.30 bits per heavy atom. The van der Waals surface area contributed by atoms with Crippen LogP contribution >= 0.6 is 0 Å². The summed E-state index contributed by atoms with van der Waals surface area (Å²) in [5, 5.41) is 2.64. The van der Waals surface area contributed by atoms with Crippen LogP contribution in [0.15, 0.2) is 48.5 Å². The van der Waals surface area contributed by atoms with E-state index < -0.39 is 29.5 Å². The standard InChI is InChI=1S/C21H21F4N3O2/c1-14(19(29)26-16-6-4-5-15(22)13-16)27-9-11-28(12-10-27)20(30)17-7-2-3-8-18(17)21(23,24)25/h2-8,13-14H,9-12H2,1H3,(H,26,29). The molecule has 3 rings (SSSR count). The molecule has 0 saturated carbocycles. The second kappa shape index (κ2) is 8.83. The van der Waals surface area contributed by atoms with Gasteiger partial charge in [0.15, 0.2) is 0 Å². The fourth-order valence-electron chi connectivity index (χ4n) is 3.38. The molecule has 0 aliphatic carbocycles. The fourth-order valence-corrected chi connectivity index (χ4v) is 3.38. The van der Waals surface area contributed by atoms with Crippen molar-refractivity contribution in [2.75, 3.05) is 31.5 Å². The first-order valence-corrected chi connectivity index (χ1v) is 9.43. The molecule has 0 spiro atoms. The number of carbonyl (C=O) groups is 2. The fraction of sp³-hybridized carbons (Fsp3) is 0.333. The van der Waals surface area contributed by atoms with Gasteiger partial charge in [0.25, 0.3) is 5.91 Å². The molecule has 0 radical (unpaired) electrons. The van der Waals surface area contributed by atoms with Crippen molar-refractivity contribution >= 4 is 17.5 Å². The SMILES string of the molecule is CC(C(=O)Nc1cccc(F)c1)N1CCN(C(=O)c2ccccc2C(F)(F)F)CC1. The molecule has 0 bridgehead atoms. The van der Waals surface area contributed by atoms with Crippen molar-refractivity contribution < 1.29 is 27.2 Å². The van der Waals surface area contributed by atoms with Crippen LogP contribution in [0.5, 0.6) is 0 Å². The van der Waals surface area contributed by atoms with E-state index in [-0.39, 0.29) is 24.6 Å². The van der Waals surface area contributed by atoms with Crippen molar-refractivity contribution in [2.45, 2.75) is 19.1 Å². The quantitative estimate of drug-likeness (QED) is 0.765. The highest BCUT2D eigenvalue weighted by Gasteiger charge is 2.36. The van der Waals surface area contributed by atoms with E-state index in [4.69, 9.17) is 0 Å². The van der Waals surface area contributed by atoms with Crippen LogP contribution in [-0.2, 0) is 11.0 Å². The molecule has 160 valence electrons. The molecular weight excluding hydrogens is 402 g/mol. The predicted molar refractivity (Wildman–Crippen MR) is 103 cm³/mol. The van der Waals surface area contributed by atoms with Crippen LogP contribution < -0.4 is 5.32 Å². The van der Waals surface area contributed by atoms with Gasteiger partial charge in [-0.15, -0.1) is 0 Å². The molecule has 1 aliphatic rings. The second-order valence-corrected chi connectivity index (χ2v) is 7.05. The van der Waals surface area contributed by atoms with E-state index >= 15 is 0 Å². The van der Waals surface area contributed by atoms with Gasteiger partial charge < -0.3 is 10.2 Å². The molecule has 30 heavy (non-hydrogen) atoms. The topological polar surface area (TPSA) is 52.7 Å². The van der Waals surface area contributed by atoms with E-state index in [1.807, 2.05) is 4.90 Å². The lowest BCUT2D eigenvalue weighted by Gasteiger charge is -2.37. The molecule has 1 atom stereocenters. The number of piperazine rings is 1. The van der Waals surface area contributed by atoms with E-state index in [0.29, 0.717) is 18.8 Å². The number of nitrogens with zero attached hydrogens (tertiary/aromatic N) is 2. The molecule has 9 heteroatoms. The van der Waals surface area contributed by atoms with Crippen molar-refractivity contribution in [1.29, 1.82) is 0 Å². The highest BCUT2D eigenvalue weighted by atomic mass is 19.4. The minimum absolute atomic E-state index is 0.197. The van der Waals surface area contributed by atoms with E-state index in [2.05, 4.69) is 5.32 Å². The van der Waals surface area contributed by atoms with Crippen LogP contribution in [0.25, 0.3) is 0 Å². The number of hydrogen-bond acceptors (Lipinski definition) is 3. The van der Waals surface area contributed by atoms with Crippen LogP contribution in [0.1, 0.15) is 22.8 Å². The Morgan fingerprint density at radius 2 is 1.67 bits per heavy atom. The maximum Gasteiger partial charge on any atom is 0.417 e. The highest BCUT2D eigenvalue weighted by Crippen LogP contribution is 2.32. The number of rotatable bonds is 4. The van der Waals surface area contributed by atoms with Gasteiger partial charge in [-0.25, -0.2) is 4.39 Å². The number of alkyl halides is 3. The third-order valence-corrected chi connectivity index (χ3v) is 5.08. The smallest absolute Gasteiger partial charge is 0.336 e. The molecule has 1 heterocycles. The summed E-state index contributed by atoms with van der Waals surface area (Å²) < 4.78 is 52.8. The monoisotopic (exact) mass is 423 g/mol. The molecule has 1 saturated heterocycles. The number of carbonyl (C=O) groups excluding carboxylic acids is 2. The number of benzene rings is 2. The summed E-state index contributed by atoms with van der Waals surface area (Å²) in [6.07, 6.45) is -4.61. The Bertz CT molecular complexity index is 924. The number of halogens is 4. The van der Waals surface area contributed by atoms with Crippen molar-refractivity contribution in [1.82, 2.24) is 9.80 Å². The summed E-state index contributed by atoms with van der Waals surface area (Å²) in [6, 6.07) is 9.70. The maximum absolute atomic E-state index is 13.3. The number of anilines is 1. The lowest BCUT2D eigenvalue weighted by atomic mass is 10.1. The van der Waals surface area contributed by atoms with Gasteiger partial charge in [0.1, 0.15) is 5.82 Å². The first-order chi connectivity index (χ1) is 14.2. The van der Waals surface area contributed by atoms with Gasteiger partial charge >= 0.3 is 6.18 Å². The Kier molecular flexibility index (Phi) is 6.40. The molecule has 0 aromatic heterocycles. The van der Waals surface area contributed by atoms with Crippen molar-refractivity contribution in [3.05, 3.63) is 65.5 Å². The van der Waals surface area contributed by atoms with Gasteiger partial charge in [0, 0.05) is 31.9 Å². The summed E-state index contributed by atoms with van der Waals surface area (Å²) in [4.78, 5) is 28.3. The minimum Gasteiger partial charge on any atom is -0.336 e. The van der Waals surface area contributed by atoms with Gasteiger partial charge in [-0.3, -0.25) is 14.5 Å². The molecule has 5 nitrogen and oxygen atoms in total. The molecule has 1 fully saturated rings. The first kappa shape index (κ1) is 21.8. The van der Waals surface area contributed by atoms with Crippen LogP contribution in [0, 0.1) is 5.82 Å². The van der Waals surface area contributed by atoms with Gasteiger partial charge in [0.2, 0.25) is 5.91 Å². The zero-order valence-corrected chi connectivity index (χ0v) is 16.2. The summed E-state index contributed by atoms with van der Waals surface area (Å²) in [5.41, 5.74) is -1.000. The van der Waals surface area contributed by atoms with E-state index in [0.717, 1.165) is 6.07 Å². The van der Waals surface area contributed by atoms with Crippen molar-refractivity contribution in [3.63, 3.8) is 0 Å². The molecule has 2 aromatic rings. The molecule has 1 unspecified atom stereocenters. The highest BCUT2D eigenvalue weighted by molar-refractivity contribution is 5.96. The maximum atomic E-state index is 13.3. The minimum atomic E-state index is -4.61. The molecular formula is C21H21F4N3O2. The van der Waals surface area contributed by atoms with E-state index in [1.54, 1.807) is 13.0 Å². The first-order valence-electron chi connectivity index (χ1n) is 9.43. The largest absolute Gasteiger partial charge is 0.417 e. The van der Waals surface area contributed by atoms with Crippen LogP contribution in [0.3, 0.4) is 0 Å². The Morgan fingerprint density at radius 1 is 1.00 bits per heavy atom. The lowest BCUT2D eigenvalue weighted by Crippen LogP contribution is -2.54. The molecule has 2 aromatic carbocycles. The normalized spacial score (nSPS) is 16.2. The summed E-state index contributed by atoms with van der Waals surface area (Å²) in [6.45, 7) is 2.74. The van der Waals surface area contributed by atoms with Crippen LogP contribution in [-0.4, -0.2) is 53.8 Å². The zero-order valence-electron chi connectivity index (χ0n) is 16.2. The Balaban J connectivity index is 1.61. The van der Waals surface area contributed by atoms with Gasteiger partial charge in [-0.05, 0) is 37.3 Å². The number of nitrogens with one attached hydrogen (secondary N) is 1. The average molecular weight is 423 g/mol. The van der Waals surface area contributed by atoms with Gasteiger partial charge in [0.05, 0.1) is 17.2 Å². The lowest BCUT2D eigenvalue weighted by molar-refractivity contribution is -0.138. The Labute approximate surface area is 171 Å². The third kappa shape index (κ3) is 4.96. The molecule has 1 aliphatic heterocycles. The number of amides is 2. The zero-order chi connectivity index (χ0) is 21.9. The second-order valence-electron chi connectivity index (χ2n) is 7.05. The summed E-state index contributed by atoms with van der Waals surface area (Å²) >= 11 is 0. The van der Waals surface area contributed by atoms with Crippen LogP contribution in [0.4, 0.5) is 23.2 Å². The predicted octanol–water partition coefficient (Wildman–Crippen LogP) is 3.63. The summed E-state index contributed by atoms with van der Waals surface area (Å²) in [7, 11) is 0. The van der Waals surface area contributed by atoms with Gasteiger partial charge in [-0.1, -0.05) is 18.2 Å². The van der Waals surface area contributed by atoms with Crippen molar-refractivity contribution in [2.24, 2.45) is 0 Å². The van der Waals surface area contributed by atoms with Crippen molar-refractivity contribution in [3.8, 4) is 0 Å². The Hall–Kier alpha value is -2.94. The molecule has 1 N–H and O–H groups in total. The average Bonchev–Trinajstić information content (AvgIpc) is 2.72. The third-order valence-electron chi connectivity index (χ3n) is 5.08. The number of hydrogen-bond donors (Lipinski definition) is 1. The van der Waals surface area contributed by atoms with Crippen LogP contribution in [0.2, 0.25) is 0 Å². The molecule has 2 amide bonds. The van der Waals surface area contributed by atoms with E-state index in [9.17, 15) is 27.2 Å². The summed E-state index contributed by atoms with van der Waals surface area (Å²) in [5.74, 6) is -1.48. The van der Waals surface area contributed by atoms with E-state index in [1.165, 1.54) is 41.3 Å². The van der Waals surface area contributed by atoms with Gasteiger partial charge in [-0.2, -0.15) is 13.2 Å².